The molecule has 2 aliphatic carbocycles. The standard InChI is InChI=1S/C59H74F6O20S2/c1-55-37-45(39-31-41(51(66)82-27-23-78-19-15-74-11-7-70-3)35-42(32-39)52(67)83-28-24-79-20-16-75-12-8-71-4)86-49(55)47-48(58(62,63)59(64,65)57(47,60)61)50-56(55,2)38-46(87-50)40-33-43(53(68)84-29-25-80-21-17-76-13-9-72-5)36-44(34-40)54(69)85-30-26-81-22-18-77-14-10-73-6/h31-38H,7-30H2,1-6H3. The summed E-state index contributed by atoms with van der Waals surface area (Å²) in [6.07, 6.45) is 2.87. The number of esters is 4. The van der Waals surface area contributed by atoms with Gasteiger partial charge in [0.2, 0.25) is 0 Å². The predicted octanol–water partition coefficient (Wildman–Crippen LogP) is 8.36. The lowest BCUT2D eigenvalue weighted by atomic mass is 9.60. The van der Waals surface area contributed by atoms with Crippen molar-refractivity contribution in [2.75, 3.05) is 187 Å². The van der Waals surface area contributed by atoms with Crippen molar-refractivity contribution in [1.82, 2.24) is 0 Å². The lowest BCUT2D eigenvalue weighted by Crippen LogP contribution is -2.47. The number of alkyl halides is 6. The lowest BCUT2D eigenvalue weighted by Gasteiger charge is -2.45. The maximum atomic E-state index is 16.6. The summed E-state index contributed by atoms with van der Waals surface area (Å²) >= 11 is 0.993. The zero-order valence-corrected chi connectivity index (χ0v) is 51.0. The van der Waals surface area contributed by atoms with Gasteiger partial charge in [-0.25, -0.2) is 19.2 Å². The fraction of sp³-hybridized carbons (Fsp3) is 0.593. The van der Waals surface area contributed by atoms with E-state index in [9.17, 15) is 19.2 Å². The number of hydrogen-bond acceptors (Lipinski definition) is 22. The van der Waals surface area contributed by atoms with Gasteiger partial charge in [0, 0.05) is 70.0 Å². The topological polar surface area (TPSA) is 216 Å². The van der Waals surface area contributed by atoms with E-state index in [1.54, 1.807) is 0 Å². The minimum Gasteiger partial charge on any atom is -0.460 e. The number of benzene rings is 2. The molecule has 1 fully saturated rings. The van der Waals surface area contributed by atoms with Crippen LogP contribution in [-0.2, 0) is 75.8 Å². The molecule has 2 atom stereocenters. The zero-order chi connectivity index (χ0) is 63.1. The van der Waals surface area contributed by atoms with Crippen molar-refractivity contribution in [3.8, 4) is 0 Å². The minimum atomic E-state index is -5.94. The van der Waals surface area contributed by atoms with E-state index in [1.165, 1.54) is 90.8 Å². The average Bonchev–Trinajstić information content (AvgIpc) is 1.51. The van der Waals surface area contributed by atoms with E-state index in [4.69, 9.17) is 75.8 Å². The number of allylic oxidation sites excluding steroid dienone is 6. The molecule has 0 spiro atoms. The van der Waals surface area contributed by atoms with Gasteiger partial charge in [-0.3, -0.25) is 0 Å². The number of methoxy groups -OCH3 is 4. The molecule has 2 heterocycles. The monoisotopic (exact) mass is 1280 g/mol. The highest BCUT2D eigenvalue weighted by molar-refractivity contribution is 8.12. The van der Waals surface area contributed by atoms with Crippen molar-refractivity contribution in [2.24, 2.45) is 10.8 Å². The third-order valence-corrected chi connectivity index (χ3v) is 16.7. The van der Waals surface area contributed by atoms with Gasteiger partial charge in [0.25, 0.3) is 0 Å². The Kier molecular flexibility index (Phi) is 28.1. The molecule has 2 unspecified atom stereocenters. The molecule has 0 saturated heterocycles. The van der Waals surface area contributed by atoms with Crippen LogP contribution in [0.5, 0.6) is 0 Å². The van der Waals surface area contributed by atoms with E-state index in [0.29, 0.717) is 76.4 Å². The molecule has 4 aliphatic rings. The molecule has 2 aliphatic heterocycles. The van der Waals surface area contributed by atoms with Crippen molar-refractivity contribution in [3.63, 3.8) is 0 Å². The zero-order valence-electron chi connectivity index (χ0n) is 49.3. The number of rotatable bonds is 42. The summed E-state index contributed by atoms with van der Waals surface area (Å²) in [5.74, 6) is -20.6. The average molecular weight is 1280 g/mol. The van der Waals surface area contributed by atoms with Gasteiger partial charge in [-0.15, -0.1) is 0 Å². The molecule has 0 N–H and O–H groups in total. The fourth-order valence-electron chi connectivity index (χ4n) is 9.14. The van der Waals surface area contributed by atoms with Gasteiger partial charge in [-0.05, 0) is 47.5 Å². The Morgan fingerprint density at radius 1 is 0.345 bits per heavy atom. The summed E-state index contributed by atoms with van der Waals surface area (Å²) in [4.78, 5) is 53.9. The second kappa shape index (κ2) is 34.3. The Bertz CT molecular complexity index is 2490. The first-order chi connectivity index (χ1) is 41.7. The minimum absolute atomic E-state index is 0.0106. The summed E-state index contributed by atoms with van der Waals surface area (Å²) in [6.45, 7) is 6.01. The van der Waals surface area contributed by atoms with Crippen LogP contribution in [-0.4, -0.2) is 229 Å². The number of thioether (sulfide) groups is 2. The summed E-state index contributed by atoms with van der Waals surface area (Å²) in [6, 6.07) is 7.46. The number of ether oxygens (including phenoxy) is 16. The maximum Gasteiger partial charge on any atom is 0.380 e. The van der Waals surface area contributed by atoms with Crippen LogP contribution >= 0.6 is 23.5 Å². The molecule has 484 valence electrons. The summed E-state index contributed by atoms with van der Waals surface area (Å²) < 4.78 is 184. The largest absolute Gasteiger partial charge is 0.460 e. The van der Waals surface area contributed by atoms with E-state index in [0.717, 1.165) is 0 Å². The molecule has 6 rings (SSSR count). The van der Waals surface area contributed by atoms with Gasteiger partial charge in [-0.2, -0.15) is 26.3 Å². The molecule has 1 saturated carbocycles. The molecular formula is C59H74F6O20S2. The Morgan fingerprint density at radius 3 is 0.793 bits per heavy atom. The van der Waals surface area contributed by atoms with Crippen LogP contribution in [0.2, 0.25) is 0 Å². The first-order valence-corrected chi connectivity index (χ1v) is 29.4. The molecule has 0 amide bonds. The Balaban J connectivity index is 1.36. The van der Waals surface area contributed by atoms with Gasteiger partial charge in [0.05, 0.1) is 154 Å². The van der Waals surface area contributed by atoms with E-state index in [-0.39, 0.29) is 149 Å². The second-order valence-corrected chi connectivity index (χ2v) is 21.9. The number of hydrogen-bond donors (Lipinski definition) is 0. The smallest absolute Gasteiger partial charge is 0.380 e. The van der Waals surface area contributed by atoms with E-state index in [2.05, 4.69) is 0 Å². The molecule has 87 heavy (non-hydrogen) atoms. The molecule has 0 aromatic heterocycles. The van der Waals surface area contributed by atoms with Gasteiger partial charge in [-0.1, -0.05) is 49.5 Å². The van der Waals surface area contributed by atoms with E-state index < -0.39 is 73.4 Å². The molecule has 0 radical (unpaired) electrons. The van der Waals surface area contributed by atoms with Gasteiger partial charge in [0.15, 0.2) is 0 Å². The highest BCUT2D eigenvalue weighted by Crippen LogP contribution is 2.78. The van der Waals surface area contributed by atoms with Crippen molar-refractivity contribution in [2.45, 2.75) is 31.6 Å². The molecule has 28 heteroatoms. The number of carbonyl (C=O) groups excluding carboxylic acids is 4. The third kappa shape index (κ3) is 17.9. The second-order valence-electron chi connectivity index (χ2n) is 19.8. The molecular weight excluding hydrogens is 1210 g/mol. The first kappa shape index (κ1) is 71.2. The van der Waals surface area contributed by atoms with Crippen molar-refractivity contribution in [3.05, 3.63) is 103 Å². The Labute approximate surface area is 509 Å². The van der Waals surface area contributed by atoms with Crippen LogP contribution in [0, 0.1) is 10.8 Å². The van der Waals surface area contributed by atoms with Gasteiger partial charge in [0.1, 0.15) is 26.4 Å². The van der Waals surface area contributed by atoms with E-state index >= 15 is 26.3 Å². The van der Waals surface area contributed by atoms with Crippen molar-refractivity contribution in [1.29, 1.82) is 0 Å². The Hall–Kier alpha value is -4.92. The fourth-order valence-corrected chi connectivity index (χ4v) is 12.3. The normalized spacial score (nSPS) is 19.6. The predicted molar refractivity (Wildman–Crippen MR) is 304 cm³/mol. The first-order valence-electron chi connectivity index (χ1n) is 27.8. The van der Waals surface area contributed by atoms with Crippen molar-refractivity contribution < 1.29 is 121 Å². The molecule has 20 nitrogen and oxygen atoms in total. The van der Waals surface area contributed by atoms with Crippen LogP contribution < -0.4 is 0 Å². The number of halogens is 6. The molecule has 2 aromatic carbocycles. The SMILES string of the molecule is COCCOCCOCCOC(=O)c1cc(C(=O)OCCOCCOCCOC)cc(C2=CC3(C)C(=C4C(=C5SC(c6cc(C(=O)OCCOCCOCCOC)cc(C(=O)OCCOCCOCCOC)c6)=CC53C)C(F)(F)C(F)(F)C4(F)F)S2)c1. The number of fused-ring (bicyclic) bond motifs is 4. The van der Waals surface area contributed by atoms with Crippen LogP contribution in [0.3, 0.4) is 0 Å². The van der Waals surface area contributed by atoms with Gasteiger partial charge < -0.3 is 75.8 Å². The van der Waals surface area contributed by atoms with Crippen LogP contribution in [0.15, 0.2) is 69.5 Å². The quantitative estimate of drug-likeness (QED) is 0.0264. The highest BCUT2D eigenvalue weighted by Gasteiger charge is 2.84. The lowest BCUT2D eigenvalue weighted by molar-refractivity contribution is -0.258. The molecule has 2 aromatic rings. The van der Waals surface area contributed by atoms with E-state index in [1.807, 2.05) is 0 Å². The Morgan fingerprint density at radius 2 is 0.563 bits per heavy atom. The number of carbonyl (C=O) groups is 4. The summed E-state index contributed by atoms with van der Waals surface area (Å²) in [5, 5.41) is 0. The van der Waals surface area contributed by atoms with Gasteiger partial charge >= 0.3 is 41.6 Å². The molecule has 0 bridgehead atoms. The highest BCUT2D eigenvalue weighted by atomic mass is 32.2. The van der Waals surface area contributed by atoms with Crippen LogP contribution in [0.4, 0.5) is 26.3 Å². The van der Waals surface area contributed by atoms with Crippen LogP contribution in [0.25, 0.3) is 9.81 Å². The maximum absolute atomic E-state index is 16.6. The third-order valence-electron chi connectivity index (χ3n) is 13.8. The van der Waals surface area contributed by atoms with Crippen molar-refractivity contribution >= 4 is 57.2 Å². The van der Waals surface area contributed by atoms with Crippen LogP contribution in [0.1, 0.15) is 66.4 Å². The summed E-state index contributed by atoms with van der Waals surface area (Å²) in [5.41, 5.74) is -7.77. The summed E-state index contributed by atoms with van der Waals surface area (Å²) in [7, 11) is 6.11.